The van der Waals surface area contributed by atoms with E-state index in [1.807, 2.05) is 31.3 Å². The Morgan fingerprint density at radius 2 is 2.21 bits per heavy atom. The van der Waals surface area contributed by atoms with Gasteiger partial charge in [0.05, 0.1) is 12.5 Å². The van der Waals surface area contributed by atoms with Crippen LogP contribution in [0.3, 0.4) is 0 Å². The van der Waals surface area contributed by atoms with E-state index in [0.717, 1.165) is 11.3 Å². The largest absolute Gasteiger partial charge is 0.330 e. The van der Waals surface area contributed by atoms with Gasteiger partial charge in [-0.05, 0) is 31.7 Å². The number of anilines is 1. The first-order valence-corrected chi connectivity index (χ1v) is 6.16. The number of hydrogen-bond donors (Lipinski definition) is 2. The molecule has 1 heterocycles. The van der Waals surface area contributed by atoms with Gasteiger partial charge in [0.2, 0.25) is 0 Å². The first kappa shape index (κ1) is 13.3. The molecule has 100 valence electrons. The summed E-state index contributed by atoms with van der Waals surface area (Å²) in [6.07, 6.45) is 3.16. The number of nitrogens with zero attached hydrogens (tertiary/aromatic N) is 2. The Bertz CT molecular complexity index is 576. The molecule has 1 atom stereocenters. The number of aromatic nitrogens is 2. The molecule has 1 aromatic carbocycles. The van der Waals surface area contributed by atoms with Gasteiger partial charge in [0.25, 0.3) is 5.91 Å². The summed E-state index contributed by atoms with van der Waals surface area (Å²) >= 11 is 0. The quantitative estimate of drug-likeness (QED) is 0.881. The average molecular weight is 258 g/mol. The zero-order valence-corrected chi connectivity index (χ0v) is 11.3. The van der Waals surface area contributed by atoms with Crippen LogP contribution >= 0.6 is 0 Å². The Morgan fingerprint density at radius 3 is 2.84 bits per heavy atom. The molecule has 1 amide bonds. The third-order valence-corrected chi connectivity index (χ3v) is 3.13. The summed E-state index contributed by atoms with van der Waals surface area (Å²) in [5.41, 5.74) is 2.45. The highest BCUT2D eigenvalue weighted by molar-refractivity contribution is 6.02. The van der Waals surface area contributed by atoms with Crippen molar-refractivity contribution in [2.45, 2.75) is 13.0 Å². The molecule has 0 aliphatic carbocycles. The maximum Gasteiger partial charge on any atom is 0.273 e. The second-order valence-electron chi connectivity index (χ2n) is 4.48. The molecule has 0 fully saturated rings. The standard InChI is InChI=1S/C14H18N4O/c1-10(15-2)11-5-4-6-12(7-11)17-14(19)13-8-16-9-18(13)3/h4-10,15H,1-3H3,(H,17,19). The Kier molecular flexibility index (Phi) is 3.97. The smallest absolute Gasteiger partial charge is 0.273 e. The van der Waals surface area contributed by atoms with Crippen LogP contribution in [0.4, 0.5) is 5.69 Å². The van der Waals surface area contributed by atoms with Gasteiger partial charge in [-0.25, -0.2) is 4.98 Å². The summed E-state index contributed by atoms with van der Waals surface area (Å²) in [5.74, 6) is -0.158. The normalized spacial score (nSPS) is 12.2. The van der Waals surface area contributed by atoms with Crippen LogP contribution in [0.5, 0.6) is 0 Å². The molecule has 0 saturated carbocycles. The minimum Gasteiger partial charge on any atom is -0.330 e. The van der Waals surface area contributed by atoms with Crippen molar-refractivity contribution in [3.05, 3.63) is 48.0 Å². The maximum atomic E-state index is 12.1. The van der Waals surface area contributed by atoms with Gasteiger partial charge in [-0.15, -0.1) is 0 Å². The van der Waals surface area contributed by atoms with Gasteiger partial charge < -0.3 is 15.2 Å². The number of amides is 1. The molecule has 19 heavy (non-hydrogen) atoms. The number of benzene rings is 1. The van der Waals surface area contributed by atoms with Crippen LogP contribution in [0.1, 0.15) is 29.0 Å². The highest BCUT2D eigenvalue weighted by Crippen LogP contribution is 2.17. The summed E-state index contributed by atoms with van der Waals surface area (Å²) in [6, 6.07) is 8.05. The van der Waals surface area contributed by atoms with Gasteiger partial charge in [0.15, 0.2) is 0 Å². The molecule has 2 N–H and O–H groups in total. The number of rotatable bonds is 4. The predicted molar refractivity (Wildman–Crippen MR) is 75.1 cm³/mol. The second-order valence-corrected chi connectivity index (χ2v) is 4.48. The third-order valence-electron chi connectivity index (χ3n) is 3.13. The Balaban J connectivity index is 2.15. The highest BCUT2D eigenvalue weighted by atomic mass is 16.1. The fraction of sp³-hybridized carbons (Fsp3) is 0.286. The third kappa shape index (κ3) is 3.00. The van der Waals surface area contributed by atoms with E-state index in [9.17, 15) is 4.79 Å². The zero-order valence-electron chi connectivity index (χ0n) is 11.3. The van der Waals surface area contributed by atoms with Crippen LogP contribution in [0, 0.1) is 0 Å². The molecule has 0 bridgehead atoms. The lowest BCUT2D eigenvalue weighted by Crippen LogP contribution is -2.16. The fourth-order valence-corrected chi connectivity index (χ4v) is 1.82. The van der Waals surface area contributed by atoms with Crippen LogP contribution in [-0.2, 0) is 7.05 Å². The number of imidazole rings is 1. The van der Waals surface area contributed by atoms with Crippen LogP contribution in [0.2, 0.25) is 0 Å². The van der Waals surface area contributed by atoms with Crippen molar-refractivity contribution in [3.63, 3.8) is 0 Å². The summed E-state index contributed by atoms with van der Waals surface area (Å²) in [4.78, 5) is 16.0. The van der Waals surface area contributed by atoms with Crippen LogP contribution in [0.15, 0.2) is 36.8 Å². The van der Waals surface area contributed by atoms with E-state index >= 15 is 0 Å². The van der Waals surface area contributed by atoms with Crippen LogP contribution < -0.4 is 10.6 Å². The topological polar surface area (TPSA) is 58.9 Å². The predicted octanol–water partition coefficient (Wildman–Crippen LogP) is 1.95. The molecule has 5 heteroatoms. The number of nitrogens with one attached hydrogen (secondary N) is 2. The first-order valence-electron chi connectivity index (χ1n) is 6.16. The lowest BCUT2D eigenvalue weighted by molar-refractivity contribution is 0.101. The lowest BCUT2D eigenvalue weighted by atomic mass is 10.1. The molecule has 2 rings (SSSR count). The molecule has 0 radical (unpaired) electrons. The summed E-state index contributed by atoms with van der Waals surface area (Å²) in [6.45, 7) is 2.07. The van der Waals surface area contributed by atoms with Crippen LogP contribution in [-0.4, -0.2) is 22.5 Å². The number of aryl methyl sites for hydroxylation is 1. The molecule has 0 saturated heterocycles. The van der Waals surface area contributed by atoms with E-state index in [1.54, 1.807) is 24.1 Å². The van der Waals surface area contributed by atoms with Gasteiger partial charge in [-0.1, -0.05) is 12.1 Å². The molecule has 0 aliphatic heterocycles. The number of carbonyl (C=O) groups is 1. The molecule has 0 spiro atoms. The molecular weight excluding hydrogens is 240 g/mol. The number of carbonyl (C=O) groups excluding carboxylic acids is 1. The van der Waals surface area contributed by atoms with Crippen molar-refractivity contribution in [2.75, 3.05) is 12.4 Å². The van der Waals surface area contributed by atoms with Crippen molar-refractivity contribution in [2.24, 2.45) is 7.05 Å². The van der Waals surface area contributed by atoms with Gasteiger partial charge >= 0.3 is 0 Å². The van der Waals surface area contributed by atoms with Gasteiger partial charge in [0.1, 0.15) is 5.69 Å². The van der Waals surface area contributed by atoms with Gasteiger partial charge in [-0.3, -0.25) is 4.79 Å². The Hall–Kier alpha value is -2.14. The lowest BCUT2D eigenvalue weighted by Gasteiger charge is -2.12. The minimum atomic E-state index is -0.158. The van der Waals surface area contributed by atoms with Gasteiger partial charge in [-0.2, -0.15) is 0 Å². The summed E-state index contributed by atoms with van der Waals surface area (Å²) in [7, 11) is 3.70. The average Bonchev–Trinajstić information content (AvgIpc) is 2.84. The minimum absolute atomic E-state index is 0.158. The van der Waals surface area contributed by atoms with Gasteiger partial charge in [0, 0.05) is 18.8 Å². The fourth-order valence-electron chi connectivity index (χ4n) is 1.82. The van der Waals surface area contributed by atoms with Crippen molar-refractivity contribution < 1.29 is 4.79 Å². The molecular formula is C14H18N4O. The van der Waals surface area contributed by atoms with E-state index in [4.69, 9.17) is 0 Å². The molecule has 5 nitrogen and oxygen atoms in total. The molecule has 1 unspecified atom stereocenters. The highest BCUT2D eigenvalue weighted by Gasteiger charge is 2.10. The zero-order chi connectivity index (χ0) is 13.8. The Labute approximate surface area is 112 Å². The Morgan fingerprint density at radius 1 is 1.42 bits per heavy atom. The van der Waals surface area contributed by atoms with E-state index < -0.39 is 0 Å². The molecule has 1 aromatic heterocycles. The number of hydrogen-bond acceptors (Lipinski definition) is 3. The van der Waals surface area contributed by atoms with Crippen molar-refractivity contribution in [3.8, 4) is 0 Å². The van der Waals surface area contributed by atoms with Crippen LogP contribution in [0.25, 0.3) is 0 Å². The monoisotopic (exact) mass is 258 g/mol. The van der Waals surface area contributed by atoms with E-state index in [-0.39, 0.29) is 11.9 Å². The van der Waals surface area contributed by atoms with E-state index in [1.165, 1.54) is 0 Å². The van der Waals surface area contributed by atoms with E-state index in [0.29, 0.717) is 5.69 Å². The SMILES string of the molecule is CNC(C)c1cccc(NC(=O)c2cncn2C)c1. The van der Waals surface area contributed by atoms with E-state index in [2.05, 4.69) is 22.5 Å². The maximum absolute atomic E-state index is 12.1. The summed E-state index contributed by atoms with van der Waals surface area (Å²) in [5, 5.41) is 6.05. The first-order chi connectivity index (χ1) is 9.11. The second kappa shape index (κ2) is 5.67. The van der Waals surface area contributed by atoms with Crippen molar-refractivity contribution in [1.29, 1.82) is 0 Å². The molecule has 0 aliphatic rings. The van der Waals surface area contributed by atoms with Crippen molar-refractivity contribution >= 4 is 11.6 Å². The summed E-state index contributed by atoms with van der Waals surface area (Å²) < 4.78 is 1.69. The van der Waals surface area contributed by atoms with Crippen molar-refractivity contribution in [1.82, 2.24) is 14.9 Å². The molecule has 2 aromatic rings.